The van der Waals surface area contributed by atoms with Crippen molar-refractivity contribution in [3.63, 3.8) is 0 Å². The number of halogens is 1. The Hall–Kier alpha value is -1.11. The highest BCUT2D eigenvalue weighted by Gasteiger charge is 2.14. The van der Waals surface area contributed by atoms with Gasteiger partial charge in [-0.15, -0.1) is 0 Å². The number of hydrogen-bond acceptors (Lipinski definition) is 2. The lowest BCUT2D eigenvalue weighted by Crippen LogP contribution is -2.34. The topological polar surface area (TPSA) is 57.6 Å². The first-order valence-corrected chi connectivity index (χ1v) is 6.85. The minimum Gasteiger partial charge on any atom is -0.481 e. The number of carboxylic acids is 1. The van der Waals surface area contributed by atoms with Crippen molar-refractivity contribution in [3.05, 3.63) is 33.4 Å². The number of rotatable bonds is 6. The van der Waals surface area contributed by atoms with Crippen LogP contribution in [0.4, 0.5) is 0 Å². The molecule has 0 spiro atoms. The highest BCUT2D eigenvalue weighted by molar-refractivity contribution is 14.1. The number of carbonyl (C=O) groups excluding carboxylic acids is 1. The van der Waals surface area contributed by atoms with Crippen molar-refractivity contribution in [2.75, 3.05) is 13.1 Å². The van der Waals surface area contributed by atoms with Crippen molar-refractivity contribution >= 4 is 34.5 Å². The van der Waals surface area contributed by atoms with E-state index >= 15 is 0 Å². The summed E-state index contributed by atoms with van der Waals surface area (Å²) in [5.41, 5.74) is 0.983. The van der Waals surface area contributed by atoms with Gasteiger partial charge in [-0.3, -0.25) is 9.59 Å². The van der Waals surface area contributed by atoms with E-state index in [2.05, 4.69) is 22.6 Å². The van der Waals surface area contributed by atoms with Gasteiger partial charge < -0.3 is 10.0 Å². The van der Waals surface area contributed by atoms with Crippen LogP contribution in [0.1, 0.15) is 18.9 Å². The molecule has 0 radical (unpaired) electrons. The van der Waals surface area contributed by atoms with Gasteiger partial charge in [-0.25, -0.2) is 0 Å². The van der Waals surface area contributed by atoms with Gasteiger partial charge in [-0.2, -0.15) is 0 Å². The molecule has 0 aliphatic rings. The molecule has 0 saturated heterocycles. The molecule has 4 nitrogen and oxygen atoms in total. The van der Waals surface area contributed by atoms with Gasteiger partial charge in [-0.1, -0.05) is 18.2 Å². The van der Waals surface area contributed by atoms with Crippen LogP contribution in [0.2, 0.25) is 0 Å². The normalized spacial score (nSPS) is 10.1. The summed E-state index contributed by atoms with van der Waals surface area (Å²) in [5, 5.41) is 8.63. The van der Waals surface area contributed by atoms with Gasteiger partial charge in [0.2, 0.25) is 5.91 Å². The molecule has 1 amide bonds. The molecule has 1 N–H and O–H groups in total. The van der Waals surface area contributed by atoms with Crippen LogP contribution in [0.5, 0.6) is 0 Å². The van der Waals surface area contributed by atoms with Crippen LogP contribution in [-0.2, 0) is 16.0 Å². The van der Waals surface area contributed by atoms with Crippen LogP contribution in [0.3, 0.4) is 0 Å². The van der Waals surface area contributed by atoms with E-state index in [1.807, 2.05) is 31.2 Å². The molecule has 0 aliphatic carbocycles. The Labute approximate surface area is 120 Å². The van der Waals surface area contributed by atoms with Gasteiger partial charge >= 0.3 is 5.97 Å². The Bertz CT molecular complexity index is 434. The molecule has 0 atom stereocenters. The quantitative estimate of drug-likeness (QED) is 0.790. The maximum atomic E-state index is 12.0. The smallest absolute Gasteiger partial charge is 0.305 e. The zero-order valence-corrected chi connectivity index (χ0v) is 12.4. The summed E-state index contributed by atoms with van der Waals surface area (Å²) in [6.45, 7) is 2.67. The molecule has 1 aromatic carbocycles. The average Bonchev–Trinajstić information content (AvgIpc) is 2.32. The third-order valence-electron chi connectivity index (χ3n) is 2.63. The van der Waals surface area contributed by atoms with Gasteiger partial charge in [0, 0.05) is 16.7 Å². The number of nitrogens with zero attached hydrogens (tertiary/aromatic N) is 1. The average molecular weight is 361 g/mol. The second kappa shape index (κ2) is 7.35. The number of hydrogen-bond donors (Lipinski definition) is 1. The molecule has 0 bridgehead atoms. The van der Waals surface area contributed by atoms with E-state index in [-0.39, 0.29) is 18.9 Å². The molecule has 0 saturated carbocycles. The van der Waals surface area contributed by atoms with Gasteiger partial charge in [0.1, 0.15) is 0 Å². The molecule has 5 heteroatoms. The van der Waals surface area contributed by atoms with Gasteiger partial charge in [0.25, 0.3) is 0 Å². The van der Waals surface area contributed by atoms with E-state index in [9.17, 15) is 9.59 Å². The first-order valence-electron chi connectivity index (χ1n) is 5.77. The summed E-state index contributed by atoms with van der Waals surface area (Å²) >= 11 is 2.20. The van der Waals surface area contributed by atoms with Crippen LogP contribution in [0, 0.1) is 3.57 Å². The Morgan fingerprint density at radius 1 is 1.33 bits per heavy atom. The molecule has 0 heterocycles. The lowest BCUT2D eigenvalue weighted by molar-refractivity contribution is -0.138. The zero-order chi connectivity index (χ0) is 13.5. The maximum Gasteiger partial charge on any atom is 0.305 e. The minimum absolute atomic E-state index is 0.00847. The number of benzene rings is 1. The van der Waals surface area contributed by atoms with Gasteiger partial charge in [0.15, 0.2) is 0 Å². The molecule has 1 aromatic rings. The second-order valence-corrected chi connectivity index (χ2v) is 5.05. The van der Waals surface area contributed by atoms with E-state index in [1.165, 1.54) is 0 Å². The molecular formula is C13H16INO3. The molecule has 0 fully saturated rings. The third kappa shape index (κ3) is 4.64. The summed E-state index contributed by atoms with van der Waals surface area (Å²) < 4.78 is 1.05. The summed E-state index contributed by atoms with van der Waals surface area (Å²) in [4.78, 5) is 24.1. The number of carbonyl (C=O) groups is 2. The lowest BCUT2D eigenvalue weighted by atomic mass is 10.1. The minimum atomic E-state index is -0.879. The van der Waals surface area contributed by atoms with Gasteiger partial charge in [-0.05, 0) is 41.1 Å². The molecular weight excluding hydrogens is 345 g/mol. The molecule has 98 valence electrons. The Morgan fingerprint density at radius 3 is 2.56 bits per heavy atom. The first kappa shape index (κ1) is 14.9. The monoisotopic (exact) mass is 361 g/mol. The summed E-state index contributed by atoms with van der Waals surface area (Å²) in [6, 6.07) is 7.71. The number of carboxylic acid groups (broad SMARTS) is 1. The van der Waals surface area contributed by atoms with Crippen molar-refractivity contribution in [2.45, 2.75) is 19.8 Å². The Morgan fingerprint density at radius 2 is 2.00 bits per heavy atom. The summed E-state index contributed by atoms with van der Waals surface area (Å²) in [7, 11) is 0. The lowest BCUT2D eigenvalue weighted by Gasteiger charge is -2.20. The SMILES string of the molecule is CCN(CCC(=O)O)C(=O)Cc1ccccc1I. The fraction of sp³-hybridized carbons (Fsp3) is 0.385. The molecule has 0 aromatic heterocycles. The fourth-order valence-electron chi connectivity index (χ4n) is 1.61. The van der Waals surface area contributed by atoms with Gasteiger partial charge in [0.05, 0.1) is 12.8 Å². The first-order chi connectivity index (χ1) is 8.54. The van der Waals surface area contributed by atoms with Crippen molar-refractivity contribution in [2.24, 2.45) is 0 Å². The Balaban J connectivity index is 2.62. The molecule has 0 aliphatic heterocycles. The molecule has 18 heavy (non-hydrogen) atoms. The number of amides is 1. The predicted molar refractivity (Wildman–Crippen MR) is 77.4 cm³/mol. The van der Waals surface area contributed by atoms with Crippen molar-refractivity contribution in [1.82, 2.24) is 4.90 Å². The molecule has 1 rings (SSSR count). The van der Waals surface area contributed by atoms with E-state index in [4.69, 9.17) is 5.11 Å². The summed E-state index contributed by atoms with van der Waals surface area (Å²) in [5.74, 6) is -0.904. The van der Waals surface area contributed by atoms with Crippen molar-refractivity contribution in [1.29, 1.82) is 0 Å². The van der Waals surface area contributed by atoms with Crippen LogP contribution in [0.15, 0.2) is 24.3 Å². The van der Waals surface area contributed by atoms with Crippen LogP contribution in [-0.4, -0.2) is 35.0 Å². The van der Waals surface area contributed by atoms with Crippen LogP contribution >= 0.6 is 22.6 Å². The third-order valence-corrected chi connectivity index (χ3v) is 3.68. The fourth-order valence-corrected chi connectivity index (χ4v) is 2.18. The molecule has 0 unspecified atom stereocenters. The highest BCUT2D eigenvalue weighted by atomic mass is 127. The summed E-state index contributed by atoms with van der Waals surface area (Å²) in [6.07, 6.45) is 0.317. The van der Waals surface area contributed by atoms with Crippen LogP contribution in [0.25, 0.3) is 0 Å². The van der Waals surface area contributed by atoms with Crippen molar-refractivity contribution in [3.8, 4) is 0 Å². The van der Waals surface area contributed by atoms with E-state index in [0.717, 1.165) is 9.13 Å². The standard InChI is InChI=1S/C13H16INO3/c1-2-15(8-7-13(17)18)12(16)9-10-5-3-4-6-11(10)14/h3-6H,2,7-9H2,1H3,(H,17,18). The largest absolute Gasteiger partial charge is 0.481 e. The van der Waals surface area contributed by atoms with Crippen LogP contribution < -0.4 is 0 Å². The second-order valence-electron chi connectivity index (χ2n) is 3.89. The van der Waals surface area contributed by atoms with E-state index in [1.54, 1.807) is 4.90 Å². The maximum absolute atomic E-state index is 12.0. The highest BCUT2D eigenvalue weighted by Crippen LogP contribution is 2.13. The van der Waals surface area contributed by atoms with Crippen molar-refractivity contribution < 1.29 is 14.7 Å². The predicted octanol–water partition coefficient (Wildman–Crippen LogP) is 2.16. The number of aliphatic carboxylic acids is 1. The van der Waals surface area contributed by atoms with E-state index in [0.29, 0.717) is 13.0 Å². The Kier molecular flexibility index (Phi) is 6.11. The van der Waals surface area contributed by atoms with E-state index < -0.39 is 5.97 Å². The number of likely N-dealkylation sites (N-methyl/N-ethyl adjacent to an activating group) is 1. The zero-order valence-electron chi connectivity index (χ0n) is 10.2.